The van der Waals surface area contributed by atoms with E-state index in [4.69, 9.17) is 4.98 Å². The Hall–Kier alpha value is -5.99. The lowest BCUT2D eigenvalue weighted by atomic mass is 9.96. The number of hydrogen-bond acceptors (Lipinski definition) is 1. The Morgan fingerprint density at radius 1 is 0.356 bits per heavy atom. The first-order chi connectivity index (χ1) is 22.3. The number of pyridine rings is 1. The average Bonchev–Trinajstić information content (AvgIpc) is 3.51. The molecule has 0 bridgehead atoms. The van der Waals surface area contributed by atoms with Gasteiger partial charge in [-0.25, -0.2) is 4.98 Å². The molecule has 0 saturated carbocycles. The fraction of sp³-hybridized carbons (Fsp3) is 0. The number of hydrogen-bond donors (Lipinski definition) is 0. The van der Waals surface area contributed by atoms with Crippen molar-refractivity contribution in [2.75, 3.05) is 0 Å². The van der Waals surface area contributed by atoms with E-state index in [1.165, 1.54) is 76.2 Å². The second kappa shape index (κ2) is 9.25. The van der Waals surface area contributed by atoms with E-state index in [1.54, 1.807) is 0 Å². The maximum Gasteiger partial charge on any atom is 0.147 e. The van der Waals surface area contributed by atoms with Crippen molar-refractivity contribution < 1.29 is 0 Å². The zero-order valence-corrected chi connectivity index (χ0v) is 24.4. The number of imidazole rings is 1. The Morgan fingerprint density at radius 2 is 0.911 bits per heavy atom. The van der Waals surface area contributed by atoms with Crippen LogP contribution in [-0.4, -0.2) is 9.38 Å². The van der Waals surface area contributed by atoms with Crippen molar-refractivity contribution >= 4 is 70.7 Å². The van der Waals surface area contributed by atoms with Crippen LogP contribution in [0.1, 0.15) is 0 Å². The molecule has 2 aromatic heterocycles. The number of aromatic nitrogens is 2. The minimum absolute atomic E-state index is 1.00. The Kier molecular flexibility index (Phi) is 5.03. The van der Waals surface area contributed by atoms with Crippen LogP contribution in [0, 0.1) is 0 Å². The molecule has 0 spiro atoms. The van der Waals surface area contributed by atoms with Crippen LogP contribution in [0.5, 0.6) is 0 Å². The molecule has 2 heterocycles. The molecule has 0 aliphatic heterocycles. The normalized spacial score (nSPS) is 12.0. The van der Waals surface area contributed by atoms with Gasteiger partial charge in [0, 0.05) is 16.2 Å². The molecule has 2 heteroatoms. The molecule has 2 nitrogen and oxygen atoms in total. The van der Waals surface area contributed by atoms with Gasteiger partial charge in [-0.3, -0.25) is 4.40 Å². The molecule has 0 aliphatic carbocycles. The van der Waals surface area contributed by atoms with E-state index >= 15 is 0 Å². The molecule has 10 rings (SSSR count). The van der Waals surface area contributed by atoms with Crippen LogP contribution in [0.4, 0.5) is 0 Å². The van der Waals surface area contributed by atoms with Gasteiger partial charge in [0.2, 0.25) is 0 Å². The van der Waals surface area contributed by atoms with E-state index in [0.29, 0.717) is 0 Å². The summed E-state index contributed by atoms with van der Waals surface area (Å²) >= 11 is 0. The summed E-state index contributed by atoms with van der Waals surface area (Å²) in [6.45, 7) is 0. The Morgan fingerprint density at radius 3 is 1.71 bits per heavy atom. The molecule has 208 valence electrons. The summed E-state index contributed by atoms with van der Waals surface area (Å²) in [5.74, 6) is 0. The third kappa shape index (κ3) is 3.60. The highest BCUT2D eigenvalue weighted by Gasteiger charge is 2.18. The van der Waals surface area contributed by atoms with Crippen molar-refractivity contribution in [3.63, 3.8) is 0 Å². The maximum absolute atomic E-state index is 5.40. The van der Waals surface area contributed by atoms with Crippen LogP contribution >= 0.6 is 0 Å². The molecule has 0 radical (unpaired) electrons. The molecule has 0 aliphatic rings. The lowest BCUT2D eigenvalue weighted by Crippen LogP contribution is -1.93. The van der Waals surface area contributed by atoms with Crippen molar-refractivity contribution in [3.05, 3.63) is 158 Å². The van der Waals surface area contributed by atoms with Crippen molar-refractivity contribution in [2.24, 2.45) is 0 Å². The Balaban J connectivity index is 1.23. The number of fused-ring (bicyclic) bond motifs is 13. The zero-order chi connectivity index (χ0) is 29.5. The predicted molar refractivity (Wildman–Crippen MR) is 191 cm³/mol. The standard InChI is InChI=1S/C43H26N2/c1-2-10-32-25-33(18-17-27(32)7-1)28-13-15-29(16-14-28)34-20-22-37-38-23-19-30-8-3-5-11-35(30)41(38)43-44-42-36-12-6-4-9-31(36)21-24-39(42)45(43)40(37)26-34/h1-26H. The van der Waals surface area contributed by atoms with E-state index in [0.717, 1.165) is 16.7 Å². The Bertz CT molecular complexity index is 2800. The number of rotatable bonds is 2. The molecule has 8 aromatic carbocycles. The molecular weight excluding hydrogens is 544 g/mol. The van der Waals surface area contributed by atoms with Gasteiger partial charge in [0.15, 0.2) is 0 Å². The minimum atomic E-state index is 1.00. The van der Waals surface area contributed by atoms with Crippen LogP contribution in [0.15, 0.2) is 158 Å². The topological polar surface area (TPSA) is 17.3 Å². The molecule has 0 saturated heterocycles. The summed E-state index contributed by atoms with van der Waals surface area (Å²) < 4.78 is 2.39. The highest BCUT2D eigenvalue weighted by molar-refractivity contribution is 6.24. The monoisotopic (exact) mass is 570 g/mol. The fourth-order valence-electron chi connectivity index (χ4n) is 7.31. The molecular formula is C43H26N2. The van der Waals surface area contributed by atoms with Crippen molar-refractivity contribution in [3.8, 4) is 22.3 Å². The molecule has 0 N–H and O–H groups in total. The van der Waals surface area contributed by atoms with E-state index in [1.807, 2.05) is 0 Å². The molecule has 0 unspecified atom stereocenters. The van der Waals surface area contributed by atoms with Gasteiger partial charge >= 0.3 is 0 Å². The van der Waals surface area contributed by atoms with Crippen LogP contribution in [0.3, 0.4) is 0 Å². The van der Waals surface area contributed by atoms with Gasteiger partial charge in [0.25, 0.3) is 0 Å². The fourth-order valence-corrected chi connectivity index (χ4v) is 7.31. The molecule has 0 fully saturated rings. The maximum atomic E-state index is 5.40. The highest BCUT2D eigenvalue weighted by atomic mass is 15.0. The first-order valence-electron chi connectivity index (χ1n) is 15.5. The van der Waals surface area contributed by atoms with Crippen molar-refractivity contribution in [1.82, 2.24) is 9.38 Å². The van der Waals surface area contributed by atoms with E-state index < -0.39 is 0 Å². The third-order valence-electron chi connectivity index (χ3n) is 9.53. The Labute approximate surface area is 259 Å². The predicted octanol–water partition coefficient (Wildman–Crippen LogP) is 11.6. The van der Waals surface area contributed by atoms with Crippen molar-refractivity contribution in [1.29, 1.82) is 0 Å². The van der Waals surface area contributed by atoms with Gasteiger partial charge in [-0.2, -0.15) is 0 Å². The van der Waals surface area contributed by atoms with Crippen LogP contribution in [0.25, 0.3) is 92.9 Å². The molecule has 0 amide bonds. The van der Waals surface area contributed by atoms with E-state index in [2.05, 4.69) is 162 Å². The average molecular weight is 571 g/mol. The molecule has 10 aromatic rings. The minimum Gasteiger partial charge on any atom is -0.292 e. The van der Waals surface area contributed by atoms with Gasteiger partial charge in [-0.05, 0) is 72.8 Å². The van der Waals surface area contributed by atoms with Crippen LogP contribution in [-0.2, 0) is 0 Å². The first kappa shape index (κ1) is 24.5. The van der Waals surface area contributed by atoms with Crippen molar-refractivity contribution in [2.45, 2.75) is 0 Å². The smallest absolute Gasteiger partial charge is 0.147 e. The highest BCUT2D eigenvalue weighted by Crippen LogP contribution is 2.39. The SMILES string of the molecule is c1ccc2cc(-c3ccc(-c4ccc5c6ccc7ccccc7c6c6nc7c8ccccc8ccc7n6c5c4)cc3)ccc2c1. The van der Waals surface area contributed by atoms with Crippen LogP contribution in [0.2, 0.25) is 0 Å². The number of benzene rings is 8. The van der Waals surface area contributed by atoms with Crippen LogP contribution < -0.4 is 0 Å². The summed E-state index contributed by atoms with van der Waals surface area (Å²) in [6.07, 6.45) is 0. The summed E-state index contributed by atoms with van der Waals surface area (Å²) in [7, 11) is 0. The van der Waals surface area contributed by atoms with Gasteiger partial charge in [-0.1, -0.05) is 140 Å². The van der Waals surface area contributed by atoms with Gasteiger partial charge in [-0.15, -0.1) is 0 Å². The van der Waals surface area contributed by atoms with Gasteiger partial charge < -0.3 is 0 Å². The largest absolute Gasteiger partial charge is 0.292 e. The van der Waals surface area contributed by atoms with E-state index in [9.17, 15) is 0 Å². The molecule has 45 heavy (non-hydrogen) atoms. The summed E-state index contributed by atoms with van der Waals surface area (Å²) in [5, 5.41) is 11.0. The van der Waals surface area contributed by atoms with Gasteiger partial charge in [0.1, 0.15) is 5.65 Å². The number of nitrogens with zero attached hydrogens (tertiary/aromatic N) is 2. The van der Waals surface area contributed by atoms with E-state index in [-0.39, 0.29) is 0 Å². The second-order valence-electron chi connectivity index (χ2n) is 12.0. The summed E-state index contributed by atoms with van der Waals surface area (Å²) in [6, 6.07) is 57.3. The lowest BCUT2D eigenvalue weighted by molar-refractivity contribution is 1.32. The lowest BCUT2D eigenvalue weighted by Gasteiger charge is -2.13. The zero-order valence-electron chi connectivity index (χ0n) is 24.4. The summed E-state index contributed by atoms with van der Waals surface area (Å²) in [4.78, 5) is 5.40. The quantitative estimate of drug-likeness (QED) is 0.189. The second-order valence-corrected chi connectivity index (χ2v) is 12.0. The van der Waals surface area contributed by atoms with Gasteiger partial charge in [0.05, 0.1) is 16.6 Å². The first-order valence-corrected chi connectivity index (χ1v) is 15.5. The summed E-state index contributed by atoms with van der Waals surface area (Å²) in [5.41, 5.74) is 9.19. The molecule has 0 atom stereocenters. The third-order valence-corrected chi connectivity index (χ3v) is 9.53.